The summed E-state index contributed by atoms with van der Waals surface area (Å²) < 4.78 is 9.79. The summed E-state index contributed by atoms with van der Waals surface area (Å²) in [6.45, 7) is 1.95. The minimum atomic E-state index is -0.583. The molecule has 25 heavy (non-hydrogen) atoms. The number of anilines is 2. The molecule has 0 radical (unpaired) electrons. The van der Waals surface area contributed by atoms with Gasteiger partial charge < -0.3 is 14.6 Å². The molecule has 0 unspecified atom stereocenters. The normalized spacial score (nSPS) is 10.4. The lowest BCUT2D eigenvalue weighted by atomic mass is 10.3. The van der Waals surface area contributed by atoms with Crippen LogP contribution in [0.2, 0.25) is 0 Å². The number of aromatic nitrogens is 2. The van der Waals surface area contributed by atoms with E-state index in [9.17, 15) is 14.9 Å². The lowest BCUT2D eigenvalue weighted by Gasteiger charge is -2.01. The SMILES string of the molecule is CCOC(=O)c1cc(-c2csc(Nc3ccc([N+](=O)[O-])cc3)n2)no1. The van der Waals surface area contributed by atoms with E-state index in [1.165, 1.54) is 29.5 Å². The maximum absolute atomic E-state index is 11.6. The third-order valence-electron chi connectivity index (χ3n) is 3.08. The monoisotopic (exact) mass is 360 g/mol. The minimum absolute atomic E-state index is 0.00901. The molecule has 0 bridgehead atoms. The maximum atomic E-state index is 11.6. The number of rotatable bonds is 6. The number of non-ortho nitro benzene ring substituents is 1. The van der Waals surface area contributed by atoms with Gasteiger partial charge in [0.2, 0.25) is 5.76 Å². The highest BCUT2D eigenvalue weighted by Crippen LogP contribution is 2.27. The summed E-state index contributed by atoms with van der Waals surface area (Å²) in [5.74, 6) is -0.574. The van der Waals surface area contributed by atoms with Crippen LogP contribution in [0.25, 0.3) is 11.4 Å². The maximum Gasteiger partial charge on any atom is 0.377 e. The van der Waals surface area contributed by atoms with Crippen LogP contribution in [0.15, 0.2) is 40.2 Å². The van der Waals surface area contributed by atoms with Crippen LogP contribution in [0.4, 0.5) is 16.5 Å². The summed E-state index contributed by atoms with van der Waals surface area (Å²) >= 11 is 1.32. The van der Waals surface area contributed by atoms with Crippen LogP contribution in [-0.4, -0.2) is 27.6 Å². The number of carbonyl (C=O) groups is 1. The summed E-state index contributed by atoms with van der Waals surface area (Å²) in [5.41, 5.74) is 1.63. The number of thiazole rings is 1. The molecule has 1 aromatic carbocycles. The molecule has 0 amide bonds. The molecule has 0 fully saturated rings. The third-order valence-corrected chi connectivity index (χ3v) is 3.84. The van der Waals surface area contributed by atoms with E-state index in [1.54, 1.807) is 24.4 Å². The molecule has 2 aromatic heterocycles. The van der Waals surface area contributed by atoms with E-state index in [-0.39, 0.29) is 18.1 Å². The molecule has 128 valence electrons. The molecule has 0 saturated heterocycles. The van der Waals surface area contributed by atoms with Gasteiger partial charge in [-0.15, -0.1) is 11.3 Å². The molecular formula is C15H12N4O5S. The van der Waals surface area contributed by atoms with Crippen LogP contribution in [0.1, 0.15) is 17.5 Å². The van der Waals surface area contributed by atoms with Crippen molar-refractivity contribution in [3.63, 3.8) is 0 Å². The van der Waals surface area contributed by atoms with Crippen molar-refractivity contribution in [3.05, 3.63) is 51.6 Å². The quantitative estimate of drug-likeness (QED) is 0.402. The van der Waals surface area contributed by atoms with Gasteiger partial charge in [0.15, 0.2) is 5.13 Å². The predicted molar refractivity (Wildman–Crippen MR) is 89.9 cm³/mol. The van der Waals surface area contributed by atoms with Gasteiger partial charge in [-0.05, 0) is 19.1 Å². The third kappa shape index (κ3) is 3.80. The average Bonchev–Trinajstić information content (AvgIpc) is 3.24. The Kier molecular flexibility index (Phi) is 4.70. The number of nitro groups is 1. The second kappa shape index (κ2) is 7.09. The van der Waals surface area contributed by atoms with Crippen molar-refractivity contribution < 1.29 is 19.0 Å². The topological polar surface area (TPSA) is 120 Å². The van der Waals surface area contributed by atoms with Gasteiger partial charge in [0.05, 0.1) is 11.5 Å². The first-order valence-corrected chi connectivity index (χ1v) is 8.06. The second-order valence-electron chi connectivity index (χ2n) is 4.76. The van der Waals surface area contributed by atoms with Gasteiger partial charge in [0.25, 0.3) is 5.69 Å². The Hall–Kier alpha value is -3.27. The Balaban J connectivity index is 1.72. The molecule has 3 rings (SSSR count). The molecule has 1 N–H and O–H groups in total. The van der Waals surface area contributed by atoms with Crippen molar-refractivity contribution in [2.45, 2.75) is 6.92 Å². The minimum Gasteiger partial charge on any atom is -0.460 e. The number of esters is 1. The van der Waals surface area contributed by atoms with E-state index in [4.69, 9.17) is 9.26 Å². The van der Waals surface area contributed by atoms with Crippen LogP contribution >= 0.6 is 11.3 Å². The van der Waals surface area contributed by atoms with Gasteiger partial charge >= 0.3 is 5.97 Å². The highest BCUT2D eigenvalue weighted by molar-refractivity contribution is 7.14. The van der Waals surface area contributed by atoms with Crippen molar-refractivity contribution in [1.82, 2.24) is 10.1 Å². The van der Waals surface area contributed by atoms with Gasteiger partial charge in [0, 0.05) is 29.3 Å². The number of nitrogens with one attached hydrogen (secondary N) is 1. The standard InChI is InChI=1S/C15H12N4O5S/c1-2-23-14(20)13-7-11(18-24-13)12-8-25-15(17-12)16-9-3-5-10(6-4-9)19(21)22/h3-8H,2H2,1H3,(H,16,17). The fraction of sp³-hybridized carbons (Fsp3) is 0.133. The van der Waals surface area contributed by atoms with Crippen molar-refractivity contribution in [2.24, 2.45) is 0 Å². The summed E-state index contributed by atoms with van der Waals surface area (Å²) in [4.78, 5) is 26.1. The number of nitro benzene ring substituents is 1. The van der Waals surface area contributed by atoms with Crippen LogP contribution < -0.4 is 5.32 Å². The van der Waals surface area contributed by atoms with E-state index in [0.29, 0.717) is 22.2 Å². The van der Waals surface area contributed by atoms with E-state index in [1.807, 2.05) is 0 Å². The smallest absolute Gasteiger partial charge is 0.377 e. The first-order chi connectivity index (χ1) is 12.1. The molecular weight excluding hydrogens is 348 g/mol. The van der Waals surface area contributed by atoms with Crippen molar-refractivity contribution in [3.8, 4) is 11.4 Å². The van der Waals surface area contributed by atoms with E-state index < -0.39 is 10.9 Å². The number of hydrogen-bond acceptors (Lipinski definition) is 9. The second-order valence-corrected chi connectivity index (χ2v) is 5.62. The lowest BCUT2D eigenvalue weighted by Crippen LogP contribution is -2.02. The summed E-state index contributed by atoms with van der Waals surface area (Å²) in [6, 6.07) is 7.45. The number of hydrogen-bond donors (Lipinski definition) is 1. The van der Waals surface area contributed by atoms with Crippen molar-refractivity contribution >= 4 is 33.8 Å². The van der Waals surface area contributed by atoms with Crippen LogP contribution in [-0.2, 0) is 4.74 Å². The number of benzene rings is 1. The van der Waals surface area contributed by atoms with Crippen LogP contribution in [0, 0.1) is 10.1 Å². The molecule has 0 aliphatic heterocycles. The van der Waals surface area contributed by atoms with Gasteiger partial charge in [-0.25, -0.2) is 9.78 Å². The van der Waals surface area contributed by atoms with Crippen LogP contribution in [0.3, 0.4) is 0 Å². The predicted octanol–water partition coefficient (Wildman–Crippen LogP) is 3.63. The summed E-state index contributed by atoms with van der Waals surface area (Å²) in [5, 5.41) is 19.8. The zero-order chi connectivity index (χ0) is 17.8. The molecule has 3 aromatic rings. The van der Waals surface area contributed by atoms with Gasteiger partial charge in [-0.3, -0.25) is 10.1 Å². The van der Waals surface area contributed by atoms with Crippen molar-refractivity contribution in [2.75, 3.05) is 11.9 Å². The molecule has 0 spiro atoms. The van der Waals surface area contributed by atoms with E-state index in [0.717, 1.165) is 0 Å². The summed E-state index contributed by atoms with van der Waals surface area (Å²) in [6.07, 6.45) is 0. The van der Waals surface area contributed by atoms with Crippen LogP contribution in [0.5, 0.6) is 0 Å². The van der Waals surface area contributed by atoms with Crippen molar-refractivity contribution in [1.29, 1.82) is 0 Å². The Morgan fingerprint density at radius 1 is 1.36 bits per heavy atom. The Labute approximate surface area is 145 Å². The van der Waals surface area contributed by atoms with Gasteiger partial charge in [-0.1, -0.05) is 5.16 Å². The lowest BCUT2D eigenvalue weighted by molar-refractivity contribution is -0.384. The molecule has 0 aliphatic carbocycles. The number of carbonyl (C=O) groups excluding carboxylic acids is 1. The fourth-order valence-corrected chi connectivity index (χ4v) is 2.66. The van der Waals surface area contributed by atoms with E-state index in [2.05, 4.69) is 15.5 Å². The van der Waals surface area contributed by atoms with Gasteiger partial charge in [0.1, 0.15) is 11.4 Å². The molecule has 10 heteroatoms. The molecule has 2 heterocycles. The average molecular weight is 360 g/mol. The molecule has 9 nitrogen and oxygen atoms in total. The fourth-order valence-electron chi connectivity index (χ4n) is 1.93. The number of ether oxygens (including phenoxy) is 1. The highest BCUT2D eigenvalue weighted by atomic mass is 32.1. The molecule has 0 aliphatic rings. The highest BCUT2D eigenvalue weighted by Gasteiger charge is 2.16. The first kappa shape index (κ1) is 16.6. The first-order valence-electron chi connectivity index (χ1n) is 7.18. The molecule has 0 saturated carbocycles. The largest absolute Gasteiger partial charge is 0.460 e. The zero-order valence-corrected chi connectivity index (χ0v) is 13.8. The molecule has 0 atom stereocenters. The summed E-state index contributed by atoms with van der Waals surface area (Å²) in [7, 11) is 0. The van der Waals surface area contributed by atoms with E-state index >= 15 is 0 Å². The Morgan fingerprint density at radius 3 is 2.80 bits per heavy atom. The Morgan fingerprint density at radius 2 is 2.12 bits per heavy atom. The zero-order valence-electron chi connectivity index (χ0n) is 13.0. The Bertz CT molecular complexity index is 903. The van der Waals surface area contributed by atoms with Gasteiger partial charge in [-0.2, -0.15) is 0 Å². The number of nitrogens with zero attached hydrogens (tertiary/aromatic N) is 3.